The van der Waals surface area contributed by atoms with E-state index in [1.54, 1.807) is 18.2 Å². The number of halogens is 2. The van der Waals surface area contributed by atoms with Crippen molar-refractivity contribution in [1.82, 2.24) is 4.72 Å². The number of carbonyl (C=O) groups is 1. The highest BCUT2D eigenvalue weighted by molar-refractivity contribution is 9.11. The smallest absolute Gasteiger partial charge is 0.250 e. The van der Waals surface area contributed by atoms with Gasteiger partial charge in [0.25, 0.3) is 10.0 Å². The molecule has 0 aliphatic carbocycles. The fourth-order valence-electron chi connectivity index (χ4n) is 1.62. The van der Waals surface area contributed by atoms with Gasteiger partial charge in [-0.05, 0) is 46.3 Å². The van der Waals surface area contributed by atoms with Crippen LogP contribution in [-0.2, 0) is 14.8 Å². The van der Waals surface area contributed by atoms with Gasteiger partial charge in [-0.2, -0.15) is 0 Å². The number of methoxy groups -OCH3 is 1. The zero-order chi connectivity index (χ0) is 17.0. The predicted octanol–water partition coefficient (Wildman–Crippen LogP) is 3.09. The van der Waals surface area contributed by atoms with E-state index in [0.29, 0.717) is 20.2 Å². The van der Waals surface area contributed by atoms with Crippen molar-refractivity contribution in [3.05, 3.63) is 39.1 Å². The Bertz CT molecular complexity index is 823. The molecule has 1 aromatic carbocycles. The van der Waals surface area contributed by atoms with Gasteiger partial charge < -0.3 is 10.1 Å². The van der Waals surface area contributed by atoms with E-state index in [4.69, 9.17) is 16.3 Å². The topological polar surface area (TPSA) is 84.5 Å². The molecule has 1 heterocycles. The maximum absolute atomic E-state index is 12.0. The molecule has 0 unspecified atom stereocenters. The summed E-state index contributed by atoms with van der Waals surface area (Å²) in [5.74, 6) is -0.0286. The number of thiophene rings is 1. The van der Waals surface area contributed by atoms with E-state index >= 15 is 0 Å². The molecule has 2 rings (SSSR count). The van der Waals surface area contributed by atoms with Gasteiger partial charge in [-0.3, -0.25) is 4.79 Å². The molecule has 0 spiro atoms. The van der Waals surface area contributed by atoms with Gasteiger partial charge in [-0.1, -0.05) is 11.6 Å². The van der Waals surface area contributed by atoms with Crippen LogP contribution in [0.15, 0.2) is 38.3 Å². The van der Waals surface area contributed by atoms with Gasteiger partial charge in [-0.25, -0.2) is 13.1 Å². The second-order valence-corrected chi connectivity index (χ2v) is 9.14. The number of amides is 1. The minimum absolute atomic E-state index is 0.129. The quantitative estimate of drug-likeness (QED) is 0.724. The first-order chi connectivity index (χ1) is 10.8. The molecular formula is C13H12BrClN2O4S2. The summed E-state index contributed by atoms with van der Waals surface area (Å²) >= 11 is 10.2. The van der Waals surface area contributed by atoms with Crippen LogP contribution in [0.25, 0.3) is 0 Å². The van der Waals surface area contributed by atoms with Crippen LogP contribution in [0.1, 0.15) is 0 Å². The molecule has 0 aliphatic rings. The number of hydrogen-bond donors (Lipinski definition) is 2. The largest absolute Gasteiger partial charge is 0.495 e. The van der Waals surface area contributed by atoms with Gasteiger partial charge >= 0.3 is 0 Å². The summed E-state index contributed by atoms with van der Waals surface area (Å²) in [7, 11) is -2.23. The first kappa shape index (κ1) is 18.2. The monoisotopic (exact) mass is 438 g/mol. The molecule has 6 nitrogen and oxygen atoms in total. The minimum atomic E-state index is -3.71. The van der Waals surface area contributed by atoms with Crippen molar-refractivity contribution >= 4 is 60.5 Å². The Labute approximate surface area is 151 Å². The minimum Gasteiger partial charge on any atom is -0.495 e. The first-order valence-corrected chi connectivity index (χ1v) is 9.67. The average molecular weight is 440 g/mol. The molecule has 0 aliphatic heterocycles. The lowest BCUT2D eigenvalue weighted by Gasteiger charge is -2.08. The molecule has 0 radical (unpaired) electrons. The Morgan fingerprint density at radius 1 is 1.35 bits per heavy atom. The lowest BCUT2D eigenvalue weighted by Crippen LogP contribution is -2.32. The van der Waals surface area contributed by atoms with Gasteiger partial charge in [0.1, 0.15) is 9.96 Å². The van der Waals surface area contributed by atoms with Crippen molar-refractivity contribution in [3.63, 3.8) is 0 Å². The highest BCUT2D eigenvalue weighted by Gasteiger charge is 2.17. The van der Waals surface area contributed by atoms with Crippen LogP contribution in [0.3, 0.4) is 0 Å². The summed E-state index contributed by atoms with van der Waals surface area (Å²) < 4.78 is 32.1. The zero-order valence-corrected chi connectivity index (χ0v) is 15.8. The van der Waals surface area contributed by atoms with E-state index in [-0.39, 0.29) is 10.8 Å². The summed E-state index contributed by atoms with van der Waals surface area (Å²) in [4.78, 5) is 11.8. The van der Waals surface area contributed by atoms with Gasteiger partial charge in [0, 0.05) is 5.69 Å². The molecule has 23 heavy (non-hydrogen) atoms. The Morgan fingerprint density at radius 3 is 2.65 bits per heavy atom. The fourth-order valence-corrected chi connectivity index (χ4v) is 4.92. The number of ether oxygens (including phenoxy) is 1. The molecule has 0 bridgehead atoms. The molecule has 2 N–H and O–H groups in total. The third-order valence-electron chi connectivity index (χ3n) is 2.67. The number of nitrogens with one attached hydrogen (secondary N) is 2. The number of anilines is 1. The number of hydrogen-bond acceptors (Lipinski definition) is 5. The van der Waals surface area contributed by atoms with Gasteiger partial charge in [0.15, 0.2) is 0 Å². The summed E-state index contributed by atoms with van der Waals surface area (Å²) in [5, 5.41) is 2.89. The molecular weight excluding hydrogens is 428 g/mol. The maximum Gasteiger partial charge on any atom is 0.250 e. The molecule has 0 atom stereocenters. The predicted molar refractivity (Wildman–Crippen MR) is 93.8 cm³/mol. The van der Waals surface area contributed by atoms with Crippen molar-refractivity contribution in [2.24, 2.45) is 0 Å². The highest BCUT2D eigenvalue weighted by Crippen LogP contribution is 2.27. The first-order valence-electron chi connectivity index (χ1n) is 6.20. The lowest BCUT2D eigenvalue weighted by molar-refractivity contribution is -0.115. The summed E-state index contributed by atoms with van der Waals surface area (Å²) in [5.41, 5.74) is 0.443. The van der Waals surface area contributed by atoms with Crippen molar-refractivity contribution in [1.29, 1.82) is 0 Å². The van der Waals surface area contributed by atoms with Crippen LogP contribution >= 0.6 is 38.9 Å². The Balaban J connectivity index is 1.96. The fraction of sp³-hybridized carbons (Fsp3) is 0.154. The molecule has 1 aromatic heterocycles. The Morgan fingerprint density at radius 2 is 2.09 bits per heavy atom. The number of benzene rings is 1. The van der Waals surface area contributed by atoms with Crippen LogP contribution in [-0.4, -0.2) is 28.0 Å². The van der Waals surface area contributed by atoms with Crippen LogP contribution in [0.4, 0.5) is 5.69 Å². The van der Waals surface area contributed by atoms with Crippen LogP contribution in [0, 0.1) is 0 Å². The van der Waals surface area contributed by atoms with Crippen molar-refractivity contribution < 1.29 is 17.9 Å². The van der Waals surface area contributed by atoms with E-state index in [2.05, 4.69) is 26.0 Å². The molecule has 124 valence electrons. The summed E-state index contributed by atoms with van der Waals surface area (Å²) in [6, 6.07) is 7.80. The van der Waals surface area contributed by atoms with Crippen molar-refractivity contribution in [3.8, 4) is 5.75 Å². The molecule has 2 aromatic rings. The normalized spacial score (nSPS) is 11.3. The molecule has 10 heteroatoms. The van der Waals surface area contributed by atoms with Gasteiger partial charge in [0.05, 0.1) is 22.5 Å². The van der Waals surface area contributed by atoms with E-state index in [1.807, 2.05) is 0 Å². The SMILES string of the molecule is COc1ccc(NC(=O)CNS(=O)(=O)c2ccc(Br)s2)cc1Cl. The summed E-state index contributed by atoms with van der Waals surface area (Å²) in [6.45, 7) is -0.387. The molecule has 0 saturated heterocycles. The van der Waals surface area contributed by atoms with Gasteiger partial charge in [0.2, 0.25) is 5.91 Å². The van der Waals surface area contributed by atoms with E-state index in [1.165, 1.54) is 19.2 Å². The lowest BCUT2D eigenvalue weighted by atomic mass is 10.3. The number of rotatable bonds is 6. The van der Waals surface area contributed by atoms with Crippen LogP contribution in [0.2, 0.25) is 5.02 Å². The highest BCUT2D eigenvalue weighted by atomic mass is 79.9. The standard InChI is InChI=1S/C13H12BrClN2O4S2/c1-21-10-3-2-8(6-9(10)15)17-12(18)7-16-23(19,20)13-5-4-11(14)22-13/h2-6,16H,7H2,1H3,(H,17,18). The van der Waals surface area contributed by atoms with E-state index in [0.717, 1.165) is 11.3 Å². The second kappa shape index (κ2) is 7.63. The third kappa shape index (κ3) is 4.92. The molecule has 0 saturated carbocycles. The number of carbonyl (C=O) groups excluding carboxylic acids is 1. The third-order valence-corrected chi connectivity index (χ3v) is 6.48. The second-order valence-electron chi connectivity index (χ2n) is 4.28. The van der Waals surface area contributed by atoms with Crippen LogP contribution < -0.4 is 14.8 Å². The van der Waals surface area contributed by atoms with E-state index < -0.39 is 15.9 Å². The van der Waals surface area contributed by atoms with E-state index in [9.17, 15) is 13.2 Å². The Hall–Kier alpha value is -1.13. The average Bonchev–Trinajstić information content (AvgIpc) is 2.93. The molecule has 0 fully saturated rings. The van der Waals surface area contributed by atoms with Gasteiger partial charge in [-0.15, -0.1) is 11.3 Å². The van der Waals surface area contributed by atoms with Crippen molar-refractivity contribution in [2.75, 3.05) is 19.0 Å². The zero-order valence-electron chi connectivity index (χ0n) is 11.8. The Kier molecular flexibility index (Phi) is 6.04. The van der Waals surface area contributed by atoms with Crippen molar-refractivity contribution in [2.45, 2.75) is 4.21 Å². The number of sulfonamides is 1. The van der Waals surface area contributed by atoms with Crippen LogP contribution in [0.5, 0.6) is 5.75 Å². The molecule has 1 amide bonds. The summed E-state index contributed by atoms with van der Waals surface area (Å²) in [6.07, 6.45) is 0. The maximum atomic E-state index is 12.0.